The molecule has 0 radical (unpaired) electrons. The minimum Gasteiger partial charge on any atom is -0.455 e. The SMILES string of the molecule is O=C(COC(=O)Cc1ccc2ccccc2c1)Nc1cccc(Br)c1. The van der Waals surface area contributed by atoms with Crippen molar-refractivity contribution in [3.05, 3.63) is 76.8 Å². The average Bonchev–Trinajstić information content (AvgIpc) is 2.60. The lowest BCUT2D eigenvalue weighted by Gasteiger charge is -2.07. The van der Waals surface area contributed by atoms with Gasteiger partial charge in [0.1, 0.15) is 0 Å². The fourth-order valence-electron chi connectivity index (χ4n) is 2.48. The maximum Gasteiger partial charge on any atom is 0.310 e. The van der Waals surface area contributed by atoms with Gasteiger partial charge in [0.2, 0.25) is 0 Å². The molecule has 0 atom stereocenters. The molecular weight excluding hydrogens is 382 g/mol. The number of hydrogen-bond acceptors (Lipinski definition) is 3. The van der Waals surface area contributed by atoms with Crippen molar-refractivity contribution in [2.24, 2.45) is 0 Å². The summed E-state index contributed by atoms with van der Waals surface area (Å²) in [6.07, 6.45) is 0.134. The van der Waals surface area contributed by atoms with Crippen LogP contribution in [0.1, 0.15) is 5.56 Å². The fourth-order valence-corrected chi connectivity index (χ4v) is 2.88. The molecule has 0 fully saturated rings. The van der Waals surface area contributed by atoms with Crippen molar-refractivity contribution in [1.82, 2.24) is 0 Å². The van der Waals surface area contributed by atoms with E-state index >= 15 is 0 Å². The number of hydrogen-bond donors (Lipinski definition) is 1. The Balaban J connectivity index is 1.52. The minimum absolute atomic E-state index is 0.134. The van der Waals surface area contributed by atoms with Crippen molar-refractivity contribution in [2.45, 2.75) is 6.42 Å². The zero-order chi connectivity index (χ0) is 17.6. The summed E-state index contributed by atoms with van der Waals surface area (Å²) in [5, 5.41) is 4.87. The average molecular weight is 398 g/mol. The smallest absolute Gasteiger partial charge is 0.310 e. The first-order valence-electron chi connectivity index (χ1n) is 7.79. The van der Waals surface area contributed by atoms with Crippen molar-refractivity contribution >= 4 is 44.3 Å². The molecule has 1 N–H and O–H groups in total. The molecule has 1 amide bonds. The van der Waals surface area contributed by atoms with Crippen molar-refractivity contribution < 1.29 is 14.3 Å². The Morgan fingerprint density at radius 2 is 1.72 bits per heavy atom. The summed E-state index contributed by atoms with van der Waals surface area (Å²) in [6, 6.07) is 21.0. The number of fused-ring (bicyclic) bond motifs is 1. The van der Waals surface area contributed by atoms with Crippen LogP contribution in [0.5, 0.6) is 0 Å². The third-order valence-electron chi connectivity index (χ3n) is 3.63. The molecular formula is C20H16BrNO3. The minimum atomic E-state index is -0.431. The van der Waals surface area contributed by atoms with Crippen LogP contribution in [0, 0.1) is 0 Å². The highest BCUT2D eigenvalue weighted by Gasteiger charge is 2.09. The molecule has 0 aromatic heterocycles. The van der Waals surface area contributed by atoms with E-state index in [-0.39, 0.29) is 18.9 Å². The Kier molecular flexibility index (Phi) is 5.46. The van der Waals surface area contributed by atoms with E-state index in [1.54, 1.807) is 12.1 Å². The highest BCUT2D eigenvalue weighted by Crippen LogP contribution is 2.17. The quantitative estimate of drug-likeness (QED) is 0.651. The lowest BCUT2D eigenvalue weighted by Crippen LogP contribution is -2.21. The third-order valence-corrected chi connectivity index (χ3v) is 4.13. The molecule has 0 bridgehead atoms. The lowest BCUT2D eigenvalue weighted by molar-refractivity contribution is -0.146. The molecule has 3 rings (SSSR count). The van der Waals surface area contributed by atoms with E-state index in [2.05, 4.69) is 21.2 Å². The number of benzene rings is 3. The van der Waals surface area contributed by atoms with Gasteiger partial charge in [-0.1, -0.05) is 64.5 Å². The molecule has 0 spiro atoms. The van der Waals surface area contributed by atoms with Crippen LogP contribution in [0.3, 0.4) is 0 Å². The van der Waals surface area contributed by atoms with Crippen molar-refractivity contribution in [3.8, 4) is 0 Å². The summed E-state index contributed by atoms with van der Waals surface area (Å²) in [5.74, 6) is -0.801. The van der Waals surface area contributed by atoms with Gasteiger partial charge in [-0.15, -0.1) is 0 Å². The Morgan fingerprint density at radius 3 is 2.52 bits per heavy atom. The molecule has 5 heteroatoms. The van der Waals surface area contributed by atoms with Crippen LogP contribution in [-0.2, 0) is 20.7 Å². The van der Waals surface area contributed by atoms with Crippen LogP contribution < -0.4 is 5.32 Å². The second kappa shape index (κ2) is 7.94. The van der Waals surface area contributed by atoms with Crippen molar-refractivity contribution in [3.63, 3.8) is 0 Å². The molecule has 0 saturated carbocycles. The molecule has 0 saturated heterocycles. The number of ether oxygens (including phenoxy) is 1. The largest absolute Gasteiger partial charge is 0.455 e. The van der Waals surface area contributed by atoms with E-state index in [1.807, 2.05) is 54.6 Å². The second-order valence-electron chi connectivity index (χ2n) is 5.58. The summed E-state index contributed by atoms with van der Waals surface area (Å²) in [7, 11) is 0. The maximum atomic E-state index is 11.9. The van der Waals surface area contributed by atoms with Crippen molar-refractivity contribution in [1.29, 1.82) is 0 Å². The van der Waals surface area contributed by atoms with Crippen LogP contribution in [0.2, 0.25) is 0 Å². The first-order valence-corrected chi connectivity index (χ1v) is 8.58. The molecule has 126 valence electrons. The highest BCUT2D eigenvalue weighted by atomic mass is 79.9. The van der Waals surface area contributed by atoms with Crippen molar-refractivity contribution in [2.75, 3.05) is 11.9 Å². The van der Waals surface area contributed by atoms with Gasteiger partial charge >= 0.3 is 5.97 Å². The molecule has 0 aliphatic rings. The number of nitrogens with one attached hydrogen (secondary N) is 1. The van der Waals surface area contributed by atoms with Gasteiger partial charge in [0.25, 0.3) is 5.91 Å². The van der Waals surface area contributed by atoms with Crippen LogP contribution in [0.15, 0.2) is 71.2 Å². The zero-order valence-corrected chi connectivity index (χ0v) is 15.0. The summed E-state index contributed by atoms with van der Waals surface area (Å²) in [6.45, 7) is -0.307. The number of carbonyl (C=O) groups excluding carboxylic acids is 2. The third kappa shape index (κ3) is 4.90. The number of esters is 1. The predicted octanol–water partition coefficient (Wildman–Crippen LogP) is 4.33. The van der Waals surface area contributed by atoms with Crippen LogP contribution in [0.4, 0.5) is 5.69 Å². The summed E-state index contributed by atoms with van der Waals surface area (Å²) in [5.41, 5.74) is 1.50. The molecule has 0 aliphatic heterocycles. The van der Waals surface area contributed by atoms with E-state index in [9.17, 15) is 9.59 Å². The number of halogens is 1. The Morgan fingerprint density at radius 1 is 0.920 bits per heavy atom. The van der Waals surface area contributed by atoms with E-state index in [1.165, 1.54) is 0 Å². The number of carbonyl (C=O) groups is 2. The molecule has 0 unspecified atom stereocenters. The standard InChI is InChI=1S/C20H16BrNO3/c21-17-6-3-7-18(12-17)22-19(23)13-25-20(24)11-14-8-9-15-4-1-2-5-16(15)10-14/h1-10,12H,11,13H2,(H,22,23). The van der Waals surface area contributed by atoms with Crippen LogP contribution >= 0.6 is 15.9 Å². The van der Waals surface area contributed by atoms with E-state index in [4.69, 9.17) is 4.74 Å². The first-order chi connectivity index (χ1) is 12.1. The Bertz CT molecular complexity index is 923. The van der Waals surface area contributed by atoms with Gasteiger partial charge in [-0.25, -0.2) is 0 Å². The Hall–Kier alpha value is -2.66. The fraction of sp³-hybridized carbons (Fsp3) is 0.100. The van der Waals surface area contributed by atoms with E-state index in [0.717, 1.165) is 20.8 Å². The topological polar surface area (TPSA) is 55.4 Å². The number of anilines is 1. The second-order valence-corrected chi connectivity index (χ2v) is 6.49. The maximum absolute atomic E-state index is 11.9. The van der Waals surface area contributed by atoms with Gasteiger partial charge in [0, 0.05) is 10.2 Å². The van der Waals surface area contributed by atoms with Gasteiger partial charge in [0.15, 0.2) is 6.61 Å². The lowest BCUT2D eigenvalue weighted by atomic mass is 10.1. The predicted molar refractivity (Wildman–Crippen MR) is 101 cm³/mol. The summed E-state index contributed by atoms with van der Waals surface area (Å²) in [4.78, 5) is 23.8. The molecule has 3 aromatic carbocycles. The van der Waals surface area contributed by atoms with Crippen LogP contribution in [-0.4, -0.2) is 18.5 Å². The first kappa shape index (κ1) is 17.2. The molecule has 4 nitrogen and oxygen atoms in total. The van der Waals surface area contributed by atoms with Gasteiger partial charge in [-0.3, -0.25) is 9.59 Å². The van der Waals surface area contributed by atoms with Gasteiger partial charge < -0.3 is 10.1 Å². The molecule has 3 aromatic rings. The Labute approximate surface area is 153 Å². The summed E-state index contributed by atoms with van der Waals surface area (Å²) >= 11 is 3.33. The summed E-state index contributed by atoms with van der Waals surface area (Å²) < 4.78 is 5.92. The normalized spacial score (nSPS) is 10.4. The van der Waals surface area contributed by atoms with Gasteiger partial charge in [0.05, 0.1) is 6.42 Å². The molecule has 25 heavy (non-hydrogen) atoms. The van der Waals surface area contributed by atoms with E-state index in [0.29, 0.717) is 5.69 Å². The monoisotopic (exact) mass is 397 g/mol. The van der Waals surface area contributed by atoms with Gasteiger partial charge in [-0.2, -0.15) is 0 Å². The van der Waals surface area contributed by atoms with E-state index < -0.39 is 5.97 Å². The number of amides is 1. The van der Waals surface area contributed by atoms with Crippen LogP contribution in [0.25, 0.3) is 10.8 Å². The molecule has 0 aliphatic carbocycles. The van der Waals surface area contributed by atoms with Gasteiger partial charge in [-0.05, 0) is 34.5 Å². The molecule has 0 heterocycles. The highest BCUT2D eigenvalue weighted by molar-refractivity contribution is 9.10. The number of rotatable bonds is 5. The zero-order valence-electron chi connectivity index (χ0n) is 13.4.